The maximum atomic E-state index is 12.6. The van der Waals surface area contributed by atoms with Crippen molar-refractivity contribution in [1.82, 2.24) is 20.0 Å². The number of morpholine rings is 1. The van der Waals surface area contributed by atoms with E-state index in [1.54, 1.807) is 17.1 Å². The van der Waals surface area contributed by atoms with E-state index in [9.17, 15) is 4.79 Å². The third-order valence-corrected chi connectivity index (χ3v) is 4.92. The number of nitrogens with one attached hydrogen (secondary N) is 1. The van der Waals surface area contributed by atoms with E-state index in [2.05, 4.69) is 27.4 Å². The minimum atomic E-state index is -0.122. The van der Waals surface area contributed by atoms with Crippen molar-refractivity contribution in [2.24, 2.45) is 0 Å². The molecule has 1 fully saturated rings. The first-order valence-corrected chi connectivity index (χ1v) is 9.55. The Balaban J connectivity index is 1.39. The fraction of sp³-hybridized carbons (Fsp3) is 0.273. The maximum absolute atomic E-state index is 12.6. The number of aromatic nitrogens is 2. The molecule has 2 heterocycles. The molecule has 0 aliphatic carbocycles. The largest absolute Gasteiger partial charge is 0.379 e. The number of rotatable bonds is 6. The zero-order valence-corrected chi connectivity index (χ0v) is 15.8. The van der Waals surface area contributed by atoms with Gasteiger partial charge in [0.25, 0.3) is 5.91 Å². The molecule has 1 N–H and O–H groups in total. The molecule has 6 nitrogen and oxygen atoms in total. The molecule has 1 saturated heterocycles. The van der Waals surface area contributed by atoms with Crippen LogP contribution in [0.25, 0.3) is 5.69 Å². The number of para-hydroxylation sites is 1. The van der Waals surface area contributed by atoms with Crippen molar-refractivity contribution >= 4 is 5.91 Å². The molecule has 1 amide bonds. The second-order valence-electron chi connectivity index (χ2n) is 6.85. The molecule has 0 saturated carbocycles. The quantitative estimate of drug-likeness (QED) is 0.719. The third kappa shape index (κ3) is 4.47. The van der Waals surface area contributed by atoms with Gasteiger partial charge in [-0.2, -0.15) is 5.10 Å². The van der Waals surface area contributed by atoms with E-state index < -0.39 is 0 Å². The lowest BCUT2D eigenvalue weighted by Gasteiger charge is -2.27. The lowest BCUT2D eigenvalue weighted by Crippen LogP contribution is -2.36. The molecule has 1 aliphatic heterocycles. The number of carbonyl (C=O) groups excluding carboxylic acids is 1. The highest BCUT2D eigenvalue weighted by Crippen LogP contribution is 2.14. The molecule has 4 rings (SSSR count). The second-order valence-corrected chi connectivity index (χ2v) is 6.85. The van der Waals surface area contributed by atoms with Crippen molar-refractivity contribution < 1.29 is 9.53 Å². The number of hydrogen-bond acceptors (Lipinski definition) is 4. The summed E-state index contributed by atoms with van der Waals surface area (Å²) in [5.74, 6) is -0.122. The Hall–Kier alpha value is -2.96. The van der Waals surface area contributed by atoms with Gasteiger partial charge < -0.3 is 10.1 Å². The van der Waals surface area contributed by atoms with Crippen molar-refractivity contribution in [3.63, 3.8) is 0 Å². The van der Waals surface area contributed by atoms with Crippen LogP contribution in [0.5, 0.6) is 0 Å². The Labute approximate surface area is 164 Å². The lowest BCUT2D eigenvalue weighted by molar-refractivity contribution is 0.0340. The first-order valence-electron chi connectivity index (χ1n) is 9.55. The van der Waals surface area contributed by atoms with Crippen molar-refractivity contribution in [2.45, 2.75) is 13.1 Å². The zero-order valence-electron chi connectivity index (χ0n) is 15.8. The molecule has 0 atom stereocenters. The molecule has 1 aliphatic rings. The van der Waals surface area contributed by atoms with Gasteiger partial charge in [-0.15, -0.1) is 0 Å². The molecule has 0 bridgehead atoms. The van der Waals surface area contributed by atoms with Gasteiger partial charge in [0, 0.05) is 32.4 Å². The monoisotopic (exact) mass is 376 g/mol. The summed E-state index contributed by atoms with van der Waals surface area (Å²) in [6, 6.07) is 18.0. The van der Waals surface area contributed by atoms with Gasteiger partial charge in [-0.1, -0.05) is 42.5 Å². The molecule has 144 valence electrons. The van der Waals surface area contributed by atoms with Crippen molar-refractivity contribution in [3.05, 3.63) is 83.7 Å². The van der Waals surface area contributed by atoms with E-state index in [1.165, 1.54) is 5.56 Å². The smallest absolute Gasteiger partial charge is 0.254 e. The third-order valence-electron chi connectivity index (χ3n) is 4.92. The van der Waals surface area contributed by atoms with E-state index in [-0.39, 0.29) is 5.91 Å². The highest BCUT2D eigenvalue weighted by Gasteiger charge is 2.14. The van der Waals surface area contributed by atoms with Gasteiger partial charge in [-0.25, -0.2) is 4.68 Å². The second kappa shape index (κ2) is 8.82. The summed E-state index contributed by atoms with van der Waals surface area (Å²) in [5, 5.41) is 7.32. The molecule has 0 spiro atoms. The maximum Gasteiger partial charge on any atom is 0.254 e. The summed E-state index contributed by atoms with van der Waals surface area (Å²) in [5.41, 5.74) is 3.86. The number of ether oxygens (including phenoxy) is 1. The molecule has 6 heteroatoms. The first kappa shape index (κ1) is 18.4. The molecule has 3 aromatic rings. The predicted octanol–water partition coefficient (Wildman–Crippen LogP) is 2.63. The Morgan fingerprint density at radius 2 is 1.71 bits per heavy atom. The van der Waals surface area contributed by atoms with Gasteiger partial charge in [0.2, 0.25) is 0 Å². The van der Waals surface area contributed by atoms with E-state index in [0.717, 1.165) is 44.1 Å². The van der Waals surface area contributed by atoms with Crippen LogP contribution >= 0.6 is 0 Å². The minimum absolute atomic E-state index is 0.122. The minimum Gasteiger partial charge on any atom is -0.379 e. The Kier molecular flexibility index (Phi) is 5.80. The summed E-state index contributed by atoms with van der Waals surface area (Å²) >= 11 is 0. The van der Waals surface area contributed by atoms with Gasteiger partial charge >= 0.3 is 0 Å². The number of amides is 1. The molecular formula is C22H24N4O2. The van der Waals surface area contributed by atoms with Crippen LogP contribution in [-0.4, -0.2) is 46.9 Å². The van der Waals surface area contributed by atoms with Crippen LogP contribution < -0.4 is 5.32 Å². The molecule has 0 radical (unpaired) electrons. The fourth-order valence-electron chi connectivity index (χ4n) is 3.32. The summed E-state index contributed by atoms with van der Waals surface area (Å²) in [7, 11) is 0. The molecule has 0 unspecified atom stereocenters. The fourth-order valence-corrected chi connectivity index (χ4v) is 3.32. The first-order chi connectivity index (χ1) is 13.8. The highest BCUT2D eigenvalue weighted by molar-refractivity contribution is 5.93. The normalized spacial score (nSPS) is 14.7. The van der Waals surface area contributed by atoms with Gasteiger partial charge in [0.1, 0.15) is 0 Å². The van der Waals surface area contributed by atoms with Crippen LogP contribution in [0.4, 0.5) is 0 Å². The standard InChI is InChI=1S/C22H24N4O2/c27-22(20-15-24-26(17-20)21-8-2-1-3-9-21)23-14-18-6-4-5-7-19(18)16-25-10-12-28-13-11-25/h1-9,15,17H,10-14,16H2,(H,23,27). The van der Waals surface area contributed by atoms with Crippen molar-refractivity contribution in [1.29, 1.82) is 0 Å². The van der Waals surface area contributed by atoms with Crippen LogP contribution in [0.15, 0.2) is 67.0 Å². The van der Waals surface area contributed by atoms with Crippen molar-refractivity contribution in [2.75, 3.05) is 26.3 Å². The van der Waals surface area contributed by atoms with Crippen LogP contribution in [0.3, 0.4) is 0 Å². The Bertz CT molecular complexity index is 917. The molecule has 2 aromatic carbocycles. The highest BCUT2D eigenvalue weighted by atomic mass is 16.5. The summed E-state index contributed by atoms with van der Waals surface area (Å²) in [6.07, 6.45) is 3.35. The van der Waals surface area contributed by atoms with Crippen LogP contribution in [0.1, 0.15) is 21.5 Å². The SMILES string of the molecule is O=C(NCc1ccccc1CN1CCOCC1)c1cnn(-c2ccccc2)c1. The van der Waals surface area contributed by atoms with Crippen LogP contribution in [-0.2, 0) is 17.8 Å². The summed E-state index contributed by atoms with van der Waals surface area (Å²) in [6.45, 7) is 4.82. The molecule has 1 aromatic heterocycles. The molecule has 28 heavy (non-hydrogen) atoms. The Morgan fingerprint density at radius 3 is 2.50 bits per heavy atom. The topological polar surface area (TPSA) is 59.4 Å². The average Bonchev–Trinajstić information content (AvgIpc) is 3.25. The van der Waals surface area contributed by atoms with Gasteiger partial charge in [-0.05, 0) is 23.3 Å². The number of carbonyl (C=O) groups is 1. The van der Waals surface area contributed by atoms with Crippen molar-refractivity contribution in [3.8, 4) is 5.69 Å². The van der Waals surface area contributed by atoms with Crippen LogP contribution in [0, 0.1) is 0 Å². The number of hydrogen-bond donors (Lipinski definition) is 1. The van der Waals surface area contributed by atoms with Crippen LogP contribution in [0.2, 0.25) is 0 Å². The van der Waals surface area contributed by atoms with E-state index >= 15 is 0 Å². The van der Waals surface area contributed by atoms with Gasteiger partial charge in [0.05, 0.1) is 30.7 Å². The van der Waals surface area contributed by atoms with E-state index in [0.29, 0.717) is 12.1 Å². The van der Waals surface area contributed by atoms with E-state index in [1.807, 2.05) is 42.5 Å². The number of nitrogens with zero attached hydrogens (tertiary/aromatic N) is 3. The summed E-state index contributed by atoms with van der Waals surface area (Å²) < 4.78 is 7.13. The Morgan fingerprint density at radius 1 is 1.00 bits per heavy atom. The summed E-state index contributed by atoms with van der Waals surface area (Å²) in [4.78, 5) is 15.0. The van der Waals surface area contributed by atoms with Gasteiger partial charge in [0.15, 0.2) is 0 Å². The predicted molar refractivity (Wildman–Crippen MR) is 107 cm³/mol. The van der Waals surface area contributed by atoms with Gasteiger partial charge in [-0.3, -0.25) is 9.69 Å². The van der Waals surface area contributed by atoms with E-state index in [4.69, 9.17) is 4.74 Å². The number of benzene rings is 2. The average molecular weight is 376 g/mol. The molecular weight excluding hydrogens is 352 g/mol. The zero-order chi connectivity index (χ0) is 19.2. The lowest BCUT2D eigenvalue weighted by atomic mass is 10.1.